The highest BCUT2D eigenvalue weighted by atomic mass is 35.5. The molecule has 29 heavy (non-hydrogen) atoms. The summed E-state index contributed by atoms with van der Waals surface area (Å²) in [5, 5.41) is 15.6. The molecule has 0 N–H and O–H groups in total. The van der Waals surface area contributed by atoms with Crippen molar-refractivity contribution in [2.45, 2.75) is 6.42 Å². The zero-order valence-electron chi connectivity index (χ0n) is 14.6. The van der Waals surface area contributed by atoms with Gasteiger partial charge < -0.3 is 0 Å². The highest BCUT2D eigenvalue weighted by molar-refractivity contribution is 7.15. The zero-order valence-corrected chi connectivity index (χ0v) is 16.2. The monoisotopic (exact) mass is 426 g/mol. The number of nitrogens with zero attached hydrogens (tertiary/aromatic N) is 4. The van der Waals surface area contributed by atoms with Crippen molar-refractivity contribution in [1.82, 2.24) is 14.6 Å². The molecule has 0 saturated carbocycles. The summed E-state index contributed by atoms with van der Waals surface area (Å²) in [5.41, 5.74) is 0.221. The Hall–Kier alpha value is -3.43. The Morgan fingerprint density at radius 2 is 1.97 bits per heavy atom. The Bertz CT molecular complexity index is 1430. The van der Waals surface area contributed by atoms with Gasteiger partial charge in [0, 0.05) is 23.6 Å². The van der Waals surface area contributed by atoms with E-state index in [9.17, 15) is 19.7 Å². The SMILES string of the molecule is O=c1nc2s/c(=C\c3cccc([N+](=O)[O-])c3)c(=O)n2nc1Cc1ccccc1Cl. The summed E-state index contributed by atoms with van der Waals surface area (Å²) in [7, 11) is 0. The Balaban J connectivity index is 1.81. The minimum absolute atomic E-state index is 0.0833. The first-order chi connectivity index (χ1) is 13.9. The Labute approximate surface area is 171 Å². The number of thiazole rings is 1. The zero-order chi connectivity index (χ0) is 20.5. The van der Waals surface area contributed by atoms with E-state index < -0.39 is 16.0 Å². The van der Waals surface area contributed by atoms with Crippen molar-refractivity contribution in [3.05, 3.63) is 106 Å². The maximum absolute atomic E-state index is 12.7. The Morgan fingerprint density at radius 3 is 2.72 bits per heavy atom. The molecular weight excluding hydrogens is 416 g/mol. The molecule has 0 aliphatic rings. The lowest BCUT2D eigenvalue weighted by Crippen LogP contribution is -2.28. The predicted octanol–water partition coefficient (Wildman–Crippen LogP) is 2.21. The highest BCUT2D eigenvalue weighted by Gasteiger charge is 2.13. The first-order valence-corrected chi connectivity index (χ1v) is 9.54. The lowest BCUT2D eigenvalue weighted by atomic mass is 10.1. The molecule has 2 aromatic carbocycles. The Morgan fingerprint density at radius 1 is 1.17 bits per heavy atom. The van der Waals surface area contributed by atoms with Gasteiger partial charge in [-0.15, -0.1) is 0 Å². The molecule has 0 radical (unpaired) electrons. The molecule has 0 fully saturated rings. The van der Waals surface area contributed by atoms with E-state index in [-0.39, 0.29) is 27.3 Å². The van der Waals surface area contributed by atoms with Crippen LogP contribution in [0.4, 0.5) is 5.69 Å². The maximum Gasteiger partial charge on any atom is 0.296 e. The minimum Gasteiger partial charge on any atom is -0.266 e. The smallest absolute Gasteiger partial charge is 0.266 e. The van der Waals surface area contributed by atoms with E-state index >= 15 is 0 Å². The minimum atomic E-state index is -0.534. The first-order valence-electron chi connectivity index (χ1n) is 8.35. The van der Waals surface area contributed by atoms with E-state index in [0.717, 1.165) is 15.9 Å². The molecule has 4 rings (SSSR count). The van der Waals surface area contributed by atoms with Crippen LogP contribution in [0, 0.1) is 10.1 Å². The van der Waals surface area contributed by atoms with Crippen molar-refractivity contribution in [3.8, 4) is 0 Å². The maximum atomic E-state index is 12.7. The largest absolute Gasteiger partial charge is 0.296 e. The van der Waals surface area contributed by atoms with Crippen LogP contribution >= 0.6 is 22.9 Å². The molecule has 10 heteroatoms. The third-order valence-electron chi connectivity index (χ3n) is 4.14. The van der Waals surface area contributed by atoms with E-state index in [2.05, 4.69) is 10.1 Å². The summed E-state index contributed by atoms with van der Waals surface area (Å²) < 4.78 is 1.33. The number of halogens is 1. The second-order valence-electron chi connectivity index (χ2n) is 6.09. The van der Waals surface area contributed by atoms with Gasteiger partial charge in [0.25, 0.3) is 16.8 Å². The van der Waals surface area contributed by atoms with Crippen LogP contribution in [0.2, 0.25) is 5.02 Å². The molecule has 2 heterocycles. The molecule has 0 saturated heterocycles. The van der Waals surface area contributed by atoms with Crippen molar-refractivity contribution in [3.63, 3.8) is 0 Å². The lowest BCUT2D eigenvalue weighted by Gasteiger charge is -2.02. The van der Waals surface area contributed by atoms with Crippen molar-refractivity contribution in [2.24, 2.45) is 0 Å². The molecule has 0 aliphatic carbocycles. The molecule has 0 amide bonds. The van der Waals surface area contributed by atoms with Gasteiger partial charge in [-0.3, -0.25) is 19.7 Å². The number of benzene rings is 2. The van der Waals surface area contributed by atoms with Gasteiger partial charge in [-0.1, -0.05) is 53.3 Å². The number of rotatable bonds is 4. The molecule has 0 atom stereocenters. The number of non-ortho nitro benzene ring substituents is 1. The van der Waals surface area contributed by atoms with Crippen LogP contribution in [0.15, 0.2) is 58.1 Å². The topological polar surface area (TPSA) is 107 Å². The molecule has 0 aliphatic heterocycles. The summed E-state index contributed by atoms with van der Waals surface area (Å²) in [4.78, 5) is 39.6. The molecule has 0 bridgehead atoms. The van der Waals surface area contributed by atoms with Crippen LogP contribution in [0.25, 0.3) is 11.0 Å². The van der Waals surface area contributed by atoms with E-state index in [0.29, 0.717) is 16.1 Å². The molecule has 8 nitrogen and oxygen atoms in total. The van der Waals surface area contributed by atoms with Crippen molar-refractivity contribution in [1.29, 1.82) is 0 Å². The van der Waals surface area contributed by atoms with Gasteiger partial charge in [-0.25, -0.2) is 0 Å². The van der Waals surface area contributed by atoms with Gasteiger partial charge in [0.15, 0.2) is 0 Å². The first kappa shape index (κ1) is 18.9. The van der Waals surface area contributed by atoms with Crippen LogP contribution in [0.1, 0.15) is 16.8 Å². The van der Waals surface area contributed by atoms with Crippen LogP contribution in [-0.4, -0.2) is 19.5 Å². The average molecular weight is 427 g/mol. The van der Waals surface area contributed by atoms with Crippen molar-refractivity contribution >= 4 is 39.7 Å². The molecule has 4 aromatic rings. The van der Waals surface area contributed by atoms with Gasteiger partial charge >= 0.3 is 0 Å². The van der Waals surface area contributed by atoms with E-state index in [1.165, 1.54) is 24.3 Å². The number of fused-ring (bicyclic) bond motifs is 1. The normalized spacial score (nSPS) is 11.8. The van der Waals surface area contributed by atoms with Crippen LogP contribution in [0.3, 0.4) is 0 Å². The third-order valence-corrected chi connectivity index (χ3v) is 5.47. The number of nitro benzene ring substituents is 1. The summed E-state index contributed by atoms with van der Waals surface area (Å²) in [6.07, 6.45) is 1.65. The summed E-state index contributed by atoms with van der Waals surface area (Å²) in [6, 6.07) is 12.9. The Kier molecular flexibility index (Phi) is 4.91. The third kappa shape index (κ3) is 3.78. The fraction of sp³-hybridized carbons (Fsp3) is 0.0526. The number of nitro groups is 1. The predicted molar refractivity (Wildman–Crippen MR) is 110 cm³/mol. The number of aromatic nitrogens is 3. The highest BCUT2D eigenvalue weighted by Crippen LogP contribution is 2.17. The van der Waals surface area contributed by atoms with Gasteiger partial charge in [0.05, 0.1) is 9.46 Å². The summed E-state index contributed by atoms with van der Waals surface area (Å²) in [6.45, 7) is 0. The van der Waals surface area contributed by atoms with Crippen molar-refractivity contribution in [2.75, 3.05) is 0 Å². The molecular formula is C19H11ClN4O4S. The second kappa shape index (κ2) is 7.53. The fourth-order valence-electron chi connectivity index (χ4n) is 2.75. The van der Waals surface area contributed by atoms with Crippen LogP contribution in [0.5, 0.6) is 0 Å². The quantitative estimate of drug-likeness (QED) is 0.365. The summed E-state index contributed by atoms with van der Waals surface area (Å²) in [5.74, 6) is 0. The fourth-order valence-corrected chi connectivity index (χ4v) is 3.86. The van der Waals surface area contributed by atoms with Crippen LogP contribution in [-0.2, 0) is 6.42 Å². The molecule has 2 aromatic heterocycles. The standard InChI is InChI=1S/C19H11ClN4O4S/c20-14-7-2-1-5-12(14)10-15-17(25)21-19-23(22-15)18(26)16(29-19)9-11-4-3-6-13(8-11)24(27)28/h1-9H,10H2/b16-9-. The number of hydrogen-bond acceptors (Lipinski definition) is 7. The average Bonchev–Trinajstić information content (AvgIpc) is 2.98. The second-order valence-corrected chi connectivity index (χ2v) is 7.51. The van der Waals surface area contributed by atoms with E-state index in [4.69, 9.17) is 11.6 Å². The van der Waals surface area contributed by atoms with Gasteiger partial charge in [0.2, 0.25) is 4.96 Å². The molecule has 0 unspecified atom stereocenters. The van der Waals surface area contributed by atoms with Crippen LogP contribution < -0.4 is 15.7 Å². The van der Waals surface area contributed by atoms with Crippen molar-refractivity contribution < 1.29 is 4.92 Å². The molecule has 144 valence electrons. The van der Waals surface area contributed by atoms with Gasteiger partial charge in [-0.2, -0.15) is 14.6 Å². The van der Waals surface area contributed by atoms with E-state index in [1.807, 2.05) is 0 Å². The number of hydrogen-bond donors (Lipinski definition) is 0. The lowest BCUT2D eigenvalue weighted by molar-refractivity contribution is -0.384. The van der Waals surface area contributed by atoms with Gasteiger partial charge in [-0.05, 0) is 23.3 Å². The summed E-state index contributed by atoms with van der Waals surface area (Å²) >= 11 is 7.13. The molecule has 0 spiro atoms. The van der Waals surface area contributed by atoms with E-state index in [1.54, 1.807) is 30.3 Å². The van der Waals surface area contributed by atoms with Gasteiger partial charge in [0.1, 0.15) is 5.69 Å².